The maximum Gasteiger partial charge on any atom is 0.493 e. The first-order valence-electron chi connectivity index (χ1n) is 6.12. The highest BCUT2D eigenvalue weighted by atomic mass is 32.1. The highest BCUT2D eigenvalue weighted by Gasteiger charge is 2.23. The smallest absolute Gasteiger partial charge is 0.444 e. The third-order valence-electron chi connectivity index (χ3n) is 2.41. The molecule has 2 aromatic rings. The predicted octanol–water partition coefficient (Wildman–Crippen LogP) is 1.46. The largest absolute Gasteiger partial charge is 0.493 e. The minimum absolute atomic E-state index is 0.0982. The van der Waals surface area contributed by atoms with Crippen LogP contribution in [0.15, 0.2) is 12.1 Å². The summed E-state index contributed by atoms with van der Waals surface area (Å²) in [6.07, 6.45) is -0.687. The Balaban J connectivity index is 2.31. The number of fused-ring (bicyclic) bond motifs is 1. The zero-order valence-electron chi connectivity index (χ0n) is 11.7. The van der Waals surface area contributed by atoms with Gasteiger partial charge >= 0.3 is 13.2 Å². The fourth-order valence-corrected chi connectivity index (χ4v) is 2.55. The summed E-state index contributed by atoms with van der Waals surface area (Å²) in [6, 6.07) is 2.57. The molecule has 0 saturated carbocycles. The zero-order chi connectivity index (χ0) is 15.8. The van der Waals surface area contributed by atoms with Crippen LogP contribution in [-0.2, 0) is 4.74 Å². The summed E-state index contributed by atoms with van der Waals surface area (Å²) >= 11 is 1.08. The van der Waals surface area contributed by atoms with Crippen LogP contribution in [0, 0.1) is 5.82 Å². The molecule has 1 aromatic heterocycles. The van der Waals surface area contributed by atoms with Gasteiger partial charge in [-0.3, -0.25) is 5.32 Å². The van der Waals surface area contributed by atoms with Crippen molar-refractivity contribution in [3.8, 4) is 0 Å². The average Bonchev–Trinajstić information content (AvgIpc) is 2.67. The van der Waals surface area contributed by atoms with Crippen molar-refractivity contribution in [2.75, 3.05) is 5.32 Å². The Morgan fingerprint density at radius 2 is 2.10 bits per heavy atom. The molecule has 2 rings (SSSR count). The summed E-state index contributed by atoms with van der Waals surface area (Å²) in [5.41, 5.74) is -0.874. The van der Waals surface area contributed by atoms with E-state index in [0.717, 1.165) is 17.4 Å². The van der Waals surface area contributed by atoms with Gasteiger partial charge < -0.3 is 14.8 Å². The van der Waals surface area contributed by atoms with Crippen LogP contribution >= 0.6 is 11.3 Å². The van der Waals surface area contributed by atoms with E-state index in [1.165, 1.54) is 6.07 Å². The van der Waals surface area contributed by atoms with E-state index < -0.39 is 24.6 Å². The maximum absolute atomic E-state index is 13.6. The van der Waals surface area contributed by atoms with E-state index in [-0.39, 0.29) is 16.1 Å². The van der Waals surface area contributed by atoms with Gasteiger partial charge in [-0.15, -0.1) is 0 Å². The molecule has 0 aliphatic carbocycles. The van der Waals surface area contributed by atoms with Crippen LogP contribution < -0.4 is 10.8 Å². The first-order chi connectivity index (χ1) is 9.67. The molecule has 6 nitrogen and oxygen atoms in total. The van der Waals surface area contributed by atoms with Gasteiger partial charge in [-0.05, 0) is 32.9 Å². The van der Waals surface area contributed by atoms with E-state index in [9.17, 15) is 19.2 Å². The van der Waals surface area contributed by atoms with Crippen molar-refractivity contribution in [2.24, 2.45) is 0 Å². The standard InChI is InChI=1S/C12H14BFN2O4S/c1-12(2,3)20-11(17)16-10-15-9-7(21-10)5-4-6(14)8(9)13(18)19/h4-5,18-19H,1-3H3,(H,15,16,17). The fraction of sp³-hybridized carbons (Fsp3) is 0.333. The molecule has 0 radical (unpaired) electrons. The second-order valence-electron chi connectivity index (χ2n) is 5.33. The Hall–Kier alpha value is -1.71. The number of thiazole rings is 1. The Morgan fingerprint density at radius 3 is 2.67 bits per heavy atom. The molecule has 3 N–H and O–H groups in total. The number of hydrogen-bond donors (Lipinski definition) is 3. The Kier molecular flexibility index (Phi) is 4.17. The topological polar surface area (TPSA) is 91.7 Å². The van der Waals surface area contributed by atoms with Crippen molar-refractivity contribution in [3.05, 3.63) is 17.9 Å². The lowest BCUT2D eigenvalue weighted by Gasteiger charge is -2.18. The van der Waals surface area contributed by atoms with Crippen molar-refractivity contribution in [1.29, 1.82) is 0 Å². The maximum atomic E-state index is 13.6. The molecule has 9 heteroatoms. The Bertz CT molecular complexity index is 684. The molecule has 0 unspecified atom stereocenters. The summed E-state index contributed by atoms with van der Waals surface area (Å²) < 4.78 is 19.2. The molecule has 0 bridgehead atoms. The van der Waals surface area contributed by atoms with Gasteiger partial charge in [0.25, 0.3) is 0 Å². The Morgan fingerprint density at radius 1 is 1.43 bits per heavy atom. The monoisotopic (exact) mass is 312 g/mol. The van der Waals surface area contributed by atoms with Crippen LogP contribution in [0.25, 0.3) is 10.2 Å². The van der Waals surface area contributed by atoms with Gasteiger partial charge in [0.1, 0.15) is 11.4 Å². The molecule has 1 aromatic carbocycles. The van der Waals surface area contributed by atoms with Crippen LogP contribution in [-0.4, -0.2) is 33.8 Å². The van der Waals surface area contributed by atoms with Crippen LogP contribution in [0.4, 0.5) is 14.3 Å². The van der Waals surface area contributed by atoms with E-state index in [1.54, 1.807) is 20.8 Å². The third-order valence-corrected chi connectivity index (χ3v) is 3.35. The first-order valence-corrected chi connectivity index (χ1v) is 6.94. The molecule has 112 valence electrons. The molecule has 0 aliphatic rings. The summed E-state index contributed by atoms with van der Waals surface area (Å²) in [5, 5.41) is 21.1. The van der Waals surface area contributed by atoms with Crippen LogP contribution in [0.1, 0.15) is 20.8 Å². The predicted molar refractivity (Wildman–Crippen MR) is 79.3 cm³/mol. The average molecular weight is 312 g/mol. The van der Waals surface area contributed by atoms with Crippen molar-refractivity contribution in [1.82, 2.24) is 4.98 Å². The molecule has 21 heavy (non-hydrogen) atoms. The van der Waals surface area contributed by atoms with Crippen LogP contribution in [0.2, 0.25) is 0 Å². The first kappa shape index (κ1) is 15.7. The van der Waals surface area contributed by atoms with Crippen molar-refractivity contribution >= 4 is 45.4 Å². The Labute approximate surface area is 124 Å². The quantitative estimate of drug-likeness (QED) is 0.730. The number of aromatic nitrogens is 1. The molecule has 0 aliphatic heterocycles. The lowest BCUT2D eigenvalue weighted by atomic mass is 9.79. The van der Waals surface area contributed by atoms with Gasteiger partial charge in [0.2, 0.25) is 0 Å². The van der Waals surface area contributed by atoms with E-state index in [0.29, 0.717) is 4.70 Å². The molecule has 1 heterocycles. The number of nitrogens with zero attached hydrogens (tertiary/aromatic N) is 1. The normalized spacial score (nSPS) is 11.5. The van der Waals surface area contributed by atoms with Crippen molar-refractivity contribution < 1.29 is 24.0 Å². The molecule has 1 amide bonds. The second kappa shape index (κ2) is 5.59. The van der Waals surface area contributed by atoms with E-state index in [2.05, 4.69) is 10.3 Å². The number of amides is 1. The number of rotatable bonds is 2. The van der Waals surface area contributed by atoms with Gasteiger partial charge in [-0.2, -0.15) is 0 Å². The van der Waals surface area contributed by atoms with E-state index >= 15 is 0 Å². The van der Waals surface area contributed by atoms with Gasteiger partial charge in [0, 0.05) is 5.46 Å². The number of halogens is 1. The summed E-state index contributed by atoms with van der Waals surface area (Å²) in [4.78, 5) is 15.7. The summed E-state index contributed by atoms with van der Waals surface area (Å²) in [6.45, 7) is 5.17. The number of anilines is 1. The number of ether oxygens (including phenoxy) is 1. The lowest BCUT2D eigenvalue weighted by Crippen LogP contribution is -2.33. The lowest BCUT2D eigenvalue weighted by molar-refractivity contribution is 0.0636. The molecule has 0 fully saturated rings. The number of benzene rings is 1. The fourth-order valence-electron chi connectivity index (χ4n) is 1.68. The highest BCUT2D eigenvalue weighted by molar-refractivity contribution is 7.22. The second-order valence-corrected chi connectivity index (χ2v) is 6.36. The zero-order valence-corrected chi connectivity index (χ0v) is 12.5. The van der Waals surface area contributed by atoms with Crippen LogP contribution in [0.3, 0.4) is 0 Å². The van der Waals surface area contributed by atoms with Gasteiger partial charge in [-0.1, -0.05) is 11.3 Å². The number of hydrogen-bond acceptors (Lipinski definition) is 6. The van der Waals surface area contributed by atoms with Gasteiger partial charge in [0.15, 0.2) is 5.13 Å². The third kappa shape index (κ3) is 3.69. The minimum atomic E-state index is -1.98. The van der Waals surface area contributed by atoms with E-state index in [1.807, 2.05) is 0 Å². The molecule has 0 saturated heterocycles. The van der Waals surface area contributed by atoms with Crippen molar-refractivity contribution in [3.63, 3.8) is 0 Å². The summed E-state index contributed by atoms with van der Waals surface area (Å²) in [7, 11) is -1.98. The molecular weight excluding hydrogens is 298 g/mol. The number of nitrogens with one attached hydrogen (secondary N) is 1. The van der Waals surface area contributed by atoms with Crippen molar-refractivity contribution in [2.45, 2.75) is 26.4 Å². The molecule has 0 atom stereocenters. The van der Waals surface area contributed by atoms with Crippen LogP contribution in [0.5, 0.6) is 0 Å². The highest BCUT2D eigenvalue weighted by Crippen LogP contribution is 2.26. The van der Waals surface area contributed by atoms with Gasteiger partial charge in [0.05, 0.1) is 10.2 Å². The minimum Gasteiger partial charge on any atom is -0.444 e. The van der Waals surface area contributed by atoms with Gasteiger partial charge in [-0.25, -0.2) is 14.2 Å². The summed E-state index contributed by atoms with van der Waals surface area (Å²) in [5.74, 6) is -0.772. The number of carbonyl (C=O) groups excluding carboxylic acids is 1. The number of carbonyl (C=O) groups is 1. The van der Waals surface area contributed by atoms with E-state index in [4.69, 9.17) is 4.74 Å². The SMILES string of the molecule is CC(C)(C)OC(=O)Nc1nc2c(B(O)O)c(F)ccc2s1. The molecule has 0 spiro atoms. The molecular formula is C12H14BFN2O4S.